The first-order valence-corrected chi connectivity index (χ1v) is 11.3. The third-order valence-electron chi connectivity index (χ3n) is 4.47. The van der Waals surface area contributed by atoms with E-state index in [1.807, 2.05) is 18.4 Å². The van der Waals surface area contributed by atoms with Crippen LogP contribution in [0.15, 0.2) is 52.3 Å². The molecule has 144 valence electrons. The summed E-state index contributed by atoms with van der Waals surface area (Å²) in [6, 6.07) is 10.7. The molecule has 0 unspecified atom stereocenters. The lowest BCUT2D eigenvalue weighted by atomic mass is 10.2. The average Bonchev–Trinajstić information content (AvgIpc) is 2.69. The summed E-state index contributed by atoms with van der Waals surface area (Å²) in [6.07, 6.45) is 4.43. The Morgan fingerprint density at radius 3 is 2.37 bits per heavy atom. The van der Waals surface area contributed by atoms with Crippen molar-refractivity contribution >= 4 is 33.4 Å². The number of halogens is 1. The zero-order valence-corrected chi connectivity index (χ0v) is 16.6. The van der Waals surface area contributed by atoms with Crippen LogP contribution in [0, 0.1) is 5.82 Å². The Balaban J connectivity index is 1.84. The molecule has 3 rings (SSSR count). The minimum atomic E-state index is -3.96. The zero-order valence-electron chi connectivity index (χ0n) is 14.9. The van der Waals surface area contributed by atoms with Gasteiger partial charge < -0.3 is 5.32 Å². The molecule has 2 aromatic rings. The number of anilines is 1. The zero-order chi connectivity index (χ0) is 19.4. The van der Waals surface area contributed by atoms with E-state index in [-0.39, 0.29) is 5.56 Å². The van der Waals surface area contributed by atoms with Crippen LogP contribution in [0.1, 0.15) is 29.6 Å². The third-order valence-corrected chi connectivity index (χ3v) is 7.13. The van der Waals surface area contributed by atoms with Gasteiger partial charge in [0.25, 0.3) is 5.91 Å². The lowest BCUT2D eigenvalue weighted by Gasteiger charge is -2.26. The van der Waals surface area contributed by atoms with Gasteiger partial charge in [0.1, 0.15) is 10.7 Å². The van der Waals surface area contributed by atoms with Gasteiger partial charge in [-0.1, -0.05) is 6.42 Å². The van der Waals surface area contributed by atoms with Gasteiger partial charge in [0.15, 0.2) is 0 Å². The van der Waals surface area contributed by atoms with E-state index >= 15 is 0 Å². The van der Waals surface area contributed by atoms with E-state index in [0.717, 1.165) is 36.3 Å². The second-order valence-electron chi connectivity index (χ2n) is 6.29. The molecule has 1 amide bonds. The van der Waals surface area contributed by atoms with Crippen LogP contribution < -0.4 is 5.32 Å². The minimum Gasteiger partial charge on any atom is -0.322 e. The van der Waals surface area contributed by atoms with Crippen LogP contribution in [0.3, 0.4) is 0 Å². The van der Waals surface area contributed by atoms with E-state index in [2.05, 4.69) is 5.32 Å². The second kappa shape index (κ2) is 8.41. The molecule has 1 fully saturated rings. The van der Waals surface area contributed by atoms with E-state index in [4.69, 9.17) is 0 Å². The van der Waals surface area contributed by atoms with E-state index in [9.17, 15) is 17.6 Å². The summed E-state index contributed by atoms with van der Waals surface area (Å²) in [5, 5.41) is 2.71. The van der Waals surface area contributed by atoms with Gasteiger partial charge in [-0.05, 0) is 61.6 Å². The van der Waals surface area contributed by atoms with Crippen molar-refractivity contribution in [1.29, 1.82) is 0 Å². The predicted octanol–water partition coefficient (Wildman–Crippen LogP) is 3.97. The number of hydrogen-bond acceptors (Lipinski definition) is 4. The predicted molar refractivity (Wildman–Crippen MR) is 105 cm³/mol. The number of amides is 1. The van der Waals surface area contributed by atoms with Crippen LogP contribution in [0.5, 0.6) is 0 Å². The van der Waals surface area contributed by atoms with Crippen LogP contribution in [0.4, 0.5) is 10.1 Å². The van der Waals surface area contributed by atoms with E-state index in [1.165, 1.54) is 10.4 Å². The highest BCUT2D eigenvalue weighted by molar-refractivity contribution is 7.98. The molecule has 0 aliphatic carbocycles. The molecule has 1 heterocycles. The van der Waals surface area contributed by atoms with Crippen LogP contribution >= 0.6 is 11.8 Å². The summed E-state index contributed by atoms with van der Waals surface area (Å²) < 4.78 is 41.1. The van der Waals surface area contributed by atoms with Gasteiger partial charge in [-0.2, -0.15) is 4.31 Å². The van der Waals surface area contributed by atoms with Crippen molar-refractivity contribution in [3.8, 4) is 0 Å². The van der Waals surface area contributed by atoms with Crippen LogP contribution in [0.2, 0.25) is 0 Å². The van der Waals surface area contributed by atoms with Crippen LogP contribution in [-0.4, -0.2) is 38.0 Å². The summed E-state index contributed by atoms with van der Waals surface area (Å²) in [6.45, 7) is 0.750. The quantitative estimate of drug-likeness (QED) is 0.760. The first-order valence-electron chi connectivity index (χ1n) is 8.67. The van der Waals surface area contributed by atoms with Gasteiger partial charge >= 0.3 is 0 Å². The Morgan fingerprint density at radius 2 is 1.74 bits per heavy atom. The molecule has 0 spiro atoms. The fraction of sp³-hybridized carbons (Fsp3) is 0.316. The van der Waals surface area contributed by atoms with Gasteiger partial charge in [0.2, 0.25) is 10.0 Å². The number of carbonyl (C=O) groups is 1. The average molecular weight is 409 g/mol. The van der Waals surface area contributed by atoms with Gasteiger partial charge in [-0.15, -0.1) is 11.8 Å². The van der Waals surface area contributed by atoms with Crippen molar-refractivity contribution in [1.82, 2.24) is 4.31 Å². The summed E-state index contributed by atoms with van der Waals surface area (Å²) in [4.78, 5) is 13.1. The second-order valence-corrected chi connectivity index (χ2v) is 9.08. The molecular formula is C19H21FN2O3S2. The first kappa shape index (κ1) is 19.9. The Hall–Kier alpha value is -1.90. The third kappa shape index (κ3) is 4.51. The van der Waals surface area contributed by atoms with Crippen molar-refractivity contribution in [2.24, 2.45) is 0 Å². The molecule has 5 nitrogen and oxygen atoms in total. The Morgan fingerprint density at radius 1 is 1.07 bits per heavy atom. The molecule has 8 heteroatoms. The standard InChI is InChI=1S/C19H21FN2O3S2/c1-26-16-8-6-15(7-9-16)21-19(23)14-5-10-17(20)18(13-14)27(24,25)22-11-3-2-4-12-22/h5-10,13H,2-4,11-12H2,1H3,(H,21,23). The maximum atomic E-state index is 14.3. The van der Waals surface area contributed by atoms with Gasteiger partial charge in [0, 0.05) is 29.2 Å². The van der Waals surface area contributed by atoms with Crippen molar-refractivity contribution in [3.05, 3.63) is 53.8 Å². The molecule has 2 aromatic carbocycles. The Kier molecular flexibility index (Phi) is 6.18. The van der Waals surface area contributed by atoms with E-state index in [0.29, 0.717) is 18.8 Å². The summed E-state index contributed by atoms with van der Waals surface area (Å²) in [5.74, 6) is -1.33. The molecule has 1 N–H and O–H groups in total. The Bertz CT molecular complexity index is 924. The van der Waals surface area contributed by atoms with Crippen molar-refractivity contribution in [3.63, 3.8) is 0 Å². The summed E-state index contributed by atoms with van der Waals surface area (Å²) in [5.41, 5.74) is 0.684. The van der Waals surface area contributed by atoms with Crippen LogP contribution in [-0.2, 0) is 10.0 Å². The van der Waals surface area contributed by atoms with Crippen molar-refractivity contribution < 1.29 is 17.6 Å². The molecule has 0 bridgehead atoms. The van der Waals surface area contributed by atoms with Crippen molar-refractivity contribution in [2.75, 3.05) is 24.7 Å². The van der Waals surface area contributed by atoms with Gasteiger partial charge in [0.05, 0.1) is 0 Å². The summed E-state index contributed by atoms with van der Waals surface area (Å²) in [7, 11) is -3.96. The normalized spacial score (nSPS) is 15.5. The molecule has 27 heavy (non-hydrogen) atoms. The fourth-order valence-electron chi connectivity index (χ4n) is 2.96. The van der Waals surface area contributed by atoms with Crippen LogP contribution in [0.25, 0.3) is 0 Å². The number of rotatable bonds is 5. The highest BCUT2D eigenvalue weighted by atomic mass is 32.2. The van der Waals surface area contributed by atoms with E-state index < -0.39 is 26.6 Å². The monoisotopic (exact) mass is 408 g/mol. The maximum Gasteiger partial charge on any atom is 0.255 e. The molecular weight excluding hydrogens is 387 g/mol. The molecule has 1 aliphatic rings. The fourth-order valence-corrected chi connectivity index (χ4v) is 4.98. The number of sulfonamides is 1. The number of nitrogens with one attached hydrogen (secondary N) is 1. The molecule has 1 aliphatic heterocycles. The van der Waals surface area contributed by atoms with Gasteiger partial charge in [-0.3, -0.25) is 4.79 Å². The molecule has 0 aromatic heterocycles. The molecule has 0 radical (unpaired) electrons. The number of thioether (sulfide) groups is 1. The number of hydrogen-bond donors (Lipinski definition) is 1. The first-order chi connectivity index (χ1) is 12.9. The maximum absolute atomic E-state index is 14.3. The smallest absolute Gasteiger partial charge is 0.255 e. The van der Waals surface area contributed by atoms with E-state index in [1.54, 1.807) is 23.9 Å². The van der Waals surface area contributed by atoms with Gasteiger partial charge in [-0.25, -0.2) is 12.8 Å². The summed E-state index contributed by atoms with van der Waals surface area (Å²) >= 11 is 1.59. The minimum absolute atomic E-state index is 0.0981. The molecule has 0 atom stereocenters. The number of carbonyl (C=O) groups excluding carboxylic acids is 1. The highest BCUT2D eigenvalue weighted by Crippen LogP contribution is 2.24. The number of nitrogens with zero attached hydrogens (tertiary/aromatic N) is 1. The number of piperidine rings is 1. The SMILES string of the molecule is CSc1ccc(NC(=O)c2ccc(F)c(S(=O)(=O)N3CCCCC3)c2)cc1. The topological polar surface area (TPSA) is 66.5 Å². The molecule has 1 saturated heterocycles. The lowest BCUT2D eigenvalue weighted by Crippen LogP contribution is -2.36. The number of benzene rings is 2. The lowest BCUT2D eigenvalue weighted by molar-refractivity contribution is 0.102. The largest absolute Gasteiger partial charge is 0.322 e. The Labute approximate surface area is 163 Å². The highest BCUT2D eigenvalue weighted by Gasteiger charge is 2.29. The van der Waals surface area contributed by atoms with Crippen molar-refractivity contribution in [2.45, 2.75) is 29.1 Å². The molecule has 0 saturated carbocycles.